The molecule has 9 heteroatoms. The van der Waals surface area contributed by atoms with Crippen LogP contribution < -0.4 is 4.90 Å². The fraction of sp³-hybridized carbons (Fsp3) is 0.714. The SMILES string of the molecule is CCN1C=C[NH+](C)C1C.F[P-](F)(F)(F)(F)F. The van der Waals surface area contributed by atoms with Crippen LogP contribution in [0.5, 0.6) is 0 Å². The van der Waals surface area contributed by atoms with Crippen molar-refractivity contribution < 1.29 is 30.1 Å². The molecule has 0 spiro atoms. The number of rotatable bonds is 1. The van der Waals surface area contributed by atoms with Gasteiger partial charge in [-0.1, -0.05) is 0 Å². The third-order valence-electron chi connectivity index (χ3n) is 2.05. The van der Waals surface area contributed by atoms with E-state index in [1.165, 1.54) is 4.90 Å². The molecule has 0 saturated carbocycles. The van der Waals surface area contributed by atoms with Crippen LogP contribution >= 0.6 is 7.81 Å². The van der Waals surface area contributed by atoms with E-state index in [0.717, 1.165) is 6.54 Å². The van der Waals surface area contributed by atoms with Crippen molar-refractivity contribution in [1.82, 2.24) is 4.90 Å². The molecule has 1 N–H and O–H groups in total. The Morgan fingerprint density at radius 2 is 1.56 bits per heavy atom. The molecule has 0 aliphatic carbocycles. The molecule has 0 radical (unpaired) electrons. The third kappa shape index (κ3) is 10.0. The van der Waals surface area contributed by atoms with Crippen molar-refractivity contribution in [3.63, 3.8) is 0 Å². The molecule has 0 bridgehead atoms. The van der Waals surface area contributed by atoms with Gasteiger partial charge in [-0.15, -0.1) is 0 Å². The summed E-state index contributed by atoms with van der Waals surface area (Å²) < 4.78 is 59.2. The summed E-state index contributed by atoms with van der Waals surface area (Å²) in [5.74, 6) is 0. The average Bonchev–Trinajstić information content (AvgIpc) is 2.26. The molecule has 1 heterocycles. The number of quaternary nitrogens is 1. The monoisotopic (exact) mass is 272 g/mol. The average molecular weight is 272 g/mol. The second-order valence-electron chi connectivity index (χ2n) is 3.52. The Morgan fingerprint density at radius 1 is 1.19 bits per heavy atom. The van der Waals surface area contributed by atoms with Crippen molar-refractivity contribution in [1.29, 1.82) is 0 Å². The molecule has 1 aliphatic rings. The van der Waals surface area contributed by atoms with Crippen molar-refractivity contribution >= 4 is 7.81 Å². The predicted molar refractivity (Wildman–Crippen MR) is 51.4 cm³/mol. The molecule has 0 saturated heterocycles. The quantitative estimate of drug-likeness (QED) is 0.569. The molecule has 16 heavy (non-hydrogen) atoms. The molecule has 0 aromatic carbocycles. The Morgan fingerprint density at radius 3 is 1.69 bits per heavy atom. The van der Waals surface area contributed by atoms with Gasteiger partial charge in [-0.05, 0) is 6.92 Å². The standard InChI is InChI=1S/C7H14N2.F6P/c1-4-9-6-5-8(3)7(9)2;1-7(2,3,4,5)6/h5-7H,4H2,1-3H3;/q;-1/p+1. The van der Waals surface area contributed by atoms with E-state index in [1.54, 1.807) is 0 Å². The first-order valence-corrected chi connectivity index (χ1v) is 6.57. The van der Waals surface area contributed by atoms with Gasteiger partial charge in [-0.3, -0.25) is 4.90 Å². The molecule has 0 aromatic rings. The number of halogens is 6. The van der Waals surface area contributed by atoms with Crippen molar-refractivity contribution in [3.05, 3.63) is 12.4 Å². The molecule has 2 nitrogen and oxygen atoms in total. The minimum absolute atomic E-state index is 0.634. The summed E-state index contributed by atoms with van der Waals surface area (Å²) >= 11 is 0. The number of hydrogen-bond donors (Lipinski definition) is 1. The molecule has 0 amide bonds. The molecule has 0 aromatic heterocycles. The summed E-state index contributed by atoms with van der Waals surface area (Å²) in [6.07, 6.45) is 4.99. The van der Waals surface area contributed by atoms with E-state index >= 15 is 0 Å². The summed E-state index contributed by atoms with van der Waals surface area (Å²) in [6, 6.07) is 0. The van der Waals surface area contributed by atoms with Crippen LogP contribution in [0.4, 0.5) is 25.2 Å². The zero-order chi connectivity index (χ0) is 13.3. The van der Waals surface area contributed by atoms with E-state index in [4.69, 9.17) is 0 Å². The van der Waals surface area contributed by atoms with Gasteiger partial charge in [0.05, 0.1) is 13.2 Å². The van der Waals surface area contributed by atoms with Crippen LogP contribution in [0.25, 0.3) is 0 Å². The van der Waals surface area contributed by atoms with Crippen molar-refractivity contribution in [3.8, 4) is 0 Å². The first kappa shape index (κ1) is 15.5. The van der Waals surface area contributed by atoms with Crippen LogP contribution in [0.15, 0.2) is 12.4 Å². The van der Waals surface area contributed by atoms with E-state index in [1.807, 2.05) is 0 Å². The van der Waals surface area contributed by atoms with Gasteiger partial charge in [0, 0.05) is 13.5 Å². The van der Waals surface area contributed by atoms with Crippen LogP contribution in [0.3, 0.4) is 0 Å². The normalized spacial score (nSPS) is 29.2. The van der Waals surface area contributed by atoms with Crippen LogP contribution in [0.1, 0.15) is 13.8 Å². The molecule has 1 aliphatic heterocycles. The van der Waals surface area contributed by atoms with Crippen molar-refractivity contribution in [2.45, 2.75) is 20.0 Å². The molecule has 2 atom stereocenters. The van der Waals surface area contributed by atoms with Gasteiger partial charge in [-0.25, -0.2) is 0 Å². The minimum atomic E-state index is -10.7. The molecular weight excluding hydrogens is 257 g/mol. The van der Waals surface area contributed by atoms with E-state index in [0.29, 0.717) is 6.17 Å². The summed E-state index contributed by atoms with van der Waals surface area (Å²) in [4.78, 5) is 3.80. The second-order valence-corrected chi connectivity index (χ2v) is 5.44. The number of hydrogen-bond acceptors (Lipinski definition) is 1. The first-order chi connectivity index (χ1) is 6.70. The van der Waals surface area contributed by atoms with Crippen LogP contribution in [-0.4, -0.2) is 24.7 Å². The fourth-order valence-electron chi connectivity index (χ4n) is 1.12. The number of nitrogens with one attached hydrogen (secondary N) is 1. The van der Waals surface area contributed by atoms with E-state index in [2.05, 4.69) is 38.2 Å². The van der Waals surface area contributed by atoms with Crippen LogP contribution in [0, 0.1) is 0 Å². The van der Waals surface area contributed by atoms with Crippen molar-refractivity contribution in [2.75, 3.05) is 13.6 Å². The van der Waals surface area contributed by atoms with E-state index < -0.39 is 7.81 Å². The Hall–Kier alpha value is -0.490. The Balaban J connectivity index is 0.000000293. The second kappa shape index (κ2) is 3.77. The fourth-order valence-corrected chi connectivity index (χ4v) is 1.12. The molecule has 0 fully saturated rings. The van der Waals surface area contributed by atoms with Gasteiger partial charge < -0.3 is 4.90 Å². The van der Waals surface area contributed by atoms with Crippen LogP contribution in [-0.2, 0) is 0 Å². The molecule has 100 valence electrons. The van der Waals surface area contributed by atoms with Gasteiger partial charge in [-0.2, -0.15) is 0 Å². The van der Waals surface area contributed by atoms with Gasteiger partial charge in [0.25, 0.3) is 0 Å². The topological polar surface area (TPSA) is 7.68 Å². The third-order valence-corrected chi connectivity index (χ3v) is 2.05. The Bertz CT molecular complexity index is 259. The summed E-state index contributed by atoms with van der Waals surface area (Å²) in [7, 11) is -8.48. The molecule has 2 unspecified atom stereocenters. The van der Waals surface area contributed by atoms with Gasteiger partial charge in [0.15, 0.2) is 6.17 Å². The van der Waals surface area contributed by atoms with E-state index in [-0.39, 0.29) is 0 Å². The van der Waals surface area contributed by atoms with Gasteiger partial charge in [0.2, 0.25) is 0 Å². The van der Waals surface area contributed by atoms with E-state index in [9.17, 15) is 25.2 Å². The maximum absolute atomic E-state index is 10.7. The maximum atomic E-state index is 9.87. The predicted octanol–water partition coefficient (Wildman–Crippen LogP) is 3.04. The zero-order valence-corrected chi connectivity index (χ0v) is 10.00. The zero-order valence-electron chi connectivity index (χ0n) is 9.10. The van der Waals surface area contributed by atoms with Crippen LogP contribution in [0.2, 0.25) is 0 Å². The number of nitrogens with zero attached hydrogens (tertiary/aromatic N) is 1. The molecular formula is C7H15F6N2P. The first-order valence-electron chi connectivity index (χ1n) is 4.54. The van der Waals surface area contributed by atoms with Gasteiger partial charge in [0.1, 0.15) is 6.20 Å². The summed E-state index contributed by atoms with van der Waals surface area (Å²) in [5, 5.41) is 0. The Labute approximate surface area is 89.7 Å². The van der Waals surface area contributed by atoms with Gasteiger partial charge >= 0.3 is 33.0 Å². The Kier molecular flexibility index (Phi) is 3.65. The van der Waals surface area contributed by atoms with Crippen molar-refractivity contribution in [2.24, 2.45) is 0 Å². The summed E-state index contributed by atoms with van der Waals surface area (Å²) in [5.41, 5.74) is 0. The summed E-state index contributed by atoms with van der Waals surface area (Å²) in [6.45, 7) is 5.54. The molecule has 1 rings (SSSR count).